The summed E-state index contributed by atoms with van der Waals surface area (Å²) in [4.78, 5) is 6.64. The molecule has 1 aromatic rings. The molecule has 0 bridgehead atoms. The summed E-state index contributed by atoms with van der Waals surface area (Å²) in [6.45, 7) is 0. The number of imidazole rings is 1. The summed E-state index contributed by atoms with van der Waals surface area (Å²) in [6.07, 6.45) is -1.44. The third kappa shape index (κ3) is 3.78. The third-order valence-electron chi connectivity index (χ3n) is 1.85. The molecule has 0 aliphatic carbocycles. The van der Waals surface area contributed by atoms with E-state index in [-0.39, 0.29) is 12.8 Å². The second-order valence-corrected chi connectivity index (χ2v) is 3.09. The number of H-pyrrole nitrogens is 1. The van der Waals surface area contributed by atoms with Crippen LogP contribution in [0, 0.1) is 0 Å². The van der Waals surface area contributed by atoms with Gasteiger partial charge in [0.05, 0.1) is 6.04 Å². The summed E-state index contributed by atoms with van der Waals surface area (Å²) >= 11 is 0. The number of halogens is 3. The van der Waals surface area contributed by atoms with E-state index < -0.39 is 18.6 Å². The lowest BCUT2D eigenvalue weighted by molar-refractivity contribution is -0.135. The minimum Gasteiger partial charge on any atom is -0.347 e. The van der Waals surface area contributed by atoms with Crippen molar-refractivity contribution in [3.8, 4) is 0 Å². The van der Waals surface area contributed by atoms with E-state index in [1.807, 2.05) is 0 Å². The molecular weight excluding hydrogens is 195 g/mol. The summed E-state index contributed by atoms with van der Waals surface area (Å²) in [5, 5.41) is 0. The molecule has 0 amide bonds. The van der Waals surface area contributed by atoms with Gasteiger partial charge in [-0.15, -0.1) is 0 Å². The highest BCUT2D eigenvalue weighted by Gasteiger charge is 2.26. The number of nitrogens with zero attached hydrogens (tertiary/aromatic N) is 1. The maximum atomic E-state index is 11.8. The molecule has 0 spiro atoms. The van der Waals surface area contributed by atoms with Crippen LogP contribution in [0.15, 0.2) is 12.4 Å². The molecule has 1 aromatic heterocycles. The predicted molar refractivity (Wildman–Crippen MR) is 45.4 cm³/mol. The van der Waals surface area contributed by atoms with Crippen molar-refractivity contribution in [1.82, 2.24) is 9.97 Å². The Morgan fingerprint density at radius 3 is 2.71 bits per heavy atom. The van der Waals surface area contributed by atoms with Crippen molar-refractivity contribution < 1.29 is 13.2 Å². The minimum atomic E-state index is -4.09. The Kier molecular flexibility index (Phi) is 3.51. The fraction of sp³-hybridized carbons (Fsp3) is 0.625. The van der Waals surface area contributed by atoms with Crippen molar-refractivity contribution in [3.63, 3.8) is 0 Å². The van der Waals surface area contributed by atoms with Gasteiger partial charge in [-0.2, -0.15) is 13.2 Å². The molecule has 6 heteroatoms. The van der Waals surface area contributed by atoms with E-state index in [0.717, 1.165) is 0 Å². The van der Waals surface area contributed by atoms with Gasteiger partial charge < -0.3 is 10.7 Å². The summed E-state index contributed by atoms with van der Waals surface area (Å²) in [7, 11) is 0. The number of hydrogen-bond acceptors (Lipinski definition) is 2. The second-order valence-electron chi connectivity index (χ2n) is 3.09. The van der Waals surface area contributed by atoms with Crippen LogP contribution in [0.1, 0.15) is 31.1 Å². The van der Waals surface area contributed by atoms with Crippen LogP contribution in [0.25, 0.3) is 0 Å². The Labute approximate surface area is 79.5 Å². The van der Waals surface area contributed by atoms with Crippen molar-refractivity contribution in [1.29, 1.82) is 0 Å². The van der Waals surface area contributed by atoms with Crippen molar-refractivity contribution >= 4 is 0 Å². The number of rotatable bonds is 4. The van der Waals surface area contributed by atoms with Gasteiger partial charge in [0.25, 0.3) is 0 Å². The van der Waals surface area contributed by atoms with Crippen molar-refractivity contribution in [3.05, 3.63) is 18.2 Å². The van der Waals surface area contributed by atoms with E-state index in [0.29, 0.717) is 5.82 Å². The standard InChI is InChI=1S/C8H12F3N3/c9-8(10,11)3-1-2-6(12)7-13-4-5-14-7/h4-6H,1-3,12H2,(H,13,14). The van der Waals surface area contributed by atoms with Gasteiger partial charge in [-0.25, -0.2) is 4.98 Å². The first-order chi connectivity index (χ1) is 6.49. The van der Waals surface area contributed by atoms with E-state index in [9.17, 15) is 13.2 Å². The van der Waals surface area contributed by atoms with Crippen LogP contribution in [0.2, 0.25) is 0 Å². The fourth-order valence-electron chi connectivity index (χ4n) is 1.14. The minimum absolute atomic E-state index is 0.0331. The summed E-state index contributed by atoms with van der Waals surface area (Å²) in [5.74, 6) is 0.534. The van der Waals surface area contributed by atoms with Gasteiger partial charge in [-0.05, 0) is 12.8 Å². The molecule has 14 heavy (non-hydrogen) atoms. The third-order valence-corrected chi connectivity index (χ3v) is 1.85. The van der Waals surface area contributed by atoms with Crippen molar-refractivity contribution in [2.75, 3.05) is 0 Å². The molecule has 1 rings (SSSR count). The smallest absolute Gasteiger partial charge is 0.347 e. The first-order valence-corrected chi connectivity index (χ1v) is 4.30. The van der Waals surface area contributed by atoms with E-state index in [1.54, 1.807) is 6.20 Å². The molecule has 3 N–H and O–H groups in total. The molecule has 1 atom stereocenters. The molecule has 80 valence electrons. The number of aromatic nitrogens is 2. The van der Waals surface area contributed by atoms with Gasteiger partial charge in [0.2, 0.25) is 0 Å². The van der Waals surface area contributed by atoms with E-state index in [2.05, 4.69) is 9.97 Å². The summed E-state index contributed by atoms with van der Waals surface area (Å²) < 4.78 is 35.4. The number of hydrogen-bond donors (Lipinski definition) is 2. The lowest BCUT2D eigenvalue weighted by Crippen LogP contribution is -2.14. The topological polar surface area (TPSA) is 54.7 Å². The monoisotopic (exact) mass is 207 g/mol. The summed E-state index contributed by atoms with van der Waals surface area (Å²) in [5.41, 5.74) is 5.61. The first kappa shape index (κ1) is 11.0. The van der Waals surface area contributed by atoms with Gasteiger partial charge in [-0.3, -0.25) is 0 Å². The zero-order valence-corrected chi connectivity index (χ0v) is 7.51. The van der Waals surface area contributed by atoms with Gasteiger partial charge in [0, 0.05) is 18.8 Å². The molecule has 3 nitrogen and oxygen atoms in total. The highest BCUT2D eigenvalue weighted by atomic mass is 19.4. The quantitative estimate of drug-likeness (QED) is 0.794. The van der Waals surface area contributed by atoms with Crippen LogP contribution >= 0.6 is 0 Å². The molecular formula is C8H12F3N3. The van der Waals surface area contributed by atoms with Gasteiger partial charge in [-0.1, -0.05) is 0 Å². The number of alkyl halides is 3. The Bertz CT molecular complexity index is 255. The van der Waals surface area contributed by atoms with Crippen LogP contribution < -0.4 is 5.73 Å². The Balaban J connectivity index is 2.26. The molecule has 1 heterocycles. The molecule has 0 aliphatic heterocycles. The molecule has 0 aromatic carbocycles. The molecule has 0 fully saturated rings. The SMILES string of the molecule is NC(CCCC(F)(F)F)c1ncc[nH]1. The lowest BCUT2D eigenvalue weighted by atomic mass is 10.1. The van der Waals surface area contributed by atoms with Crippen LogP contribution in [0.5, 0.6) is 0 Å². The Morgan fingerprint density at radius 2 is 2.21 bits per heavy atom. The maximum Gasteiger partial charge on any atom is 0.389 e. The Hall–Kier alpha value is -1.04. The molecule has 0 saturated heterocycles. The lowest BCUT2D eigenvalue weighted by Gasteiger charge is -2.09. The Morgan fingerprint density at radius 1 is 1.50 bits per heavy atom. The highest BCUT2D eigenvalue weighted by Crippen LogP contribution is 2.24. The number of nitrogens with one attached hydrogen (secondary N) is 1. The molecule has 0 radical (unpaired) electrons. The highest BCUT2D eigenvalue weighted by molar-refractivity contribution is 4.93. The second kappa shape index (κ2) is 4.45. The largest absolute Gasteiger partial charge is 0.389 e. The fourth-order valence-corrected chi connectivity index (χ4v) is 1.14. The van der Waals surface area contributed by atoms with Crippen molar-refractivity contribution in [2.45, 2.75) is 31.5 Å². The average Bonchev–Trinajstić information content (AvgIpc) is 2.53. The number of nitrogens with two attached hydrogens (primary N) is 1. The maximum absolute atomic E-state index is 11.8. The molecule has 0 aliphatic rings. The van der Waals surface area contributed by atoms with Gasteiger partial charge in [0.1, 0.15) is 5.82 Å². The first-order valence-electron chi connectivity index (χ1n) is 4.30. The number of aromatic amines is 1. The van der Waals surface area contributed by atoms with Crippen LogP contribution in [0.3, 0.4) is 0 Å². The zero-order chi connectivity index (χ0) is 10.6. The zero-order valence-electron chi connectivity index (χ0n) is 7.51. The predicted octanol–water partition coefficient (Wildman–Crippen LogP) is 2.14. The van der Waals surface area contributed by atoms with Crippen LogP contribution in [-0.2, 0) is 0 Å². The van der Waals surface area contributed by atoms with Gasteiger partial charge in [0.15, 0.2) is 0 Å². The van der Waals surface area contributed by atoms with E-state index in [1.165, 1.54) is 6.20 Å². The normalized spacial score (nSPS) is 14.3. The van der Waals surface area contributed by atoms with Crippen LogP contribution in [-0.4, -0.2) is 16.1 Å². The summed E-state index contributed by atoms with van der Waals surface area (Å²) in [6, 6.07) is -0.438. The van der Waals surface area contributed by atoms with E-state index >= 15 is 0 Å². The average molecular weight is 207 g/mol. The molecule has 0 saturated carbocycles. The van der Waals surface area contributed by atoms with Crippen molar-refractivity contribution in [2.24, 2.45) is 5.73 Å². The van der Waals surface area contributed by atoms with Crippen LogP contribution in [0.4, 0.5) is 13.2 Å². The van der Waals surface area contributed by atoms with E-state index in [4.69, 9.17) is 5.73 Å². The van der Waals surface area contributed by atoms with Gasteiger partial charge >= 0.3 is 6.18 Å². The molecule has 1 unspecified atom stereocenters.